The number of unbranched alkanes of at least 4 members (excludes halogenated alkanes) is 1. The predicted octanol–water partition coefficient (Wildman–Crippen LogP) is 4.12. The molecule has 224 valence electrons. The highest BCUT2D eigenvalue weighted by atomic mass is 16.5. The fraction of sp³-hybridized carbons (Fsp3) is 0.419. The fourth-order valence-corrected chi connectivity index (χ4v) is 5.57. The van der Waals surface area contributed by atoms with E-state index in [-0.39, 0.29) is 18.0 Å². The summed E-state index contributed by atoms with van der Waals surface area (Å²) >= 11 is 0. The summed E-state index contributed by atoms with van der Waals surface area (Å²) in [6.07, 6.45) is 8.66. The Bertz CT molecular complexity index is 1540. The third-order valence-electron chi connectivity index (χ3n) is 7.97. The van der Waals surface area contributed by atoms with E-state index in [0.717, 1.165) is 61.2 Å². The van der Waals surface area contributed by atoms with E-state index in [4.69, 9.17) is 19.8 Å². The minimum Gasteiger partial charge on any atom is -0.378 e. The van der Waals surface area contributed by atoms with Crippen LogP contribution in [-0.4, -0.2) is 87.5 Å². The van der Waals surface area contributed by atoms with Crippen LogP contribution in [0.1, 0.15) is 49.0 Å². The number of benzene rings is 1. The van der Waals surface area contributed by atoms with E-state index in [0.29, 0.717) is 49.9 Å². The van der Waals surface area contributed by atoms with Crippen molar-refractivity contribution < 1.29 is 14.3 Å². The molecule has 0 aliphatic carbocycles. The monoisotopic (exact) mass is 583 g/mol. The second kappa shape index (κ2) is 13.2. The van der Waals surface area contributed by atoms with Crippen LogP contribution in [-0.2, 0) is 4.74 Å². The second-order valence-electron chi connectivity index (χ2n) is 10.9. The molecule has 2 fully saturated rings. The van der Waals surface area contributed by atoms with Crippen molar-refractivity contribution in [3.05, 3.63) is 60.6 Å². The van der Waals surface area contributed by atoms with Gasteiger partial charge in [0.25, 0.3) is 5.91 Å². The smallest absolute Gasteiger partial charge is 0.319 e. The molecule has 2 aliphatic heterocycles. The number of fused-ring (bicyclic) bond motifs is 1. The van der Waals surface area contributed by atoms with Crippen LogP contribution in [0, 0.1) is 0 Å². The first-order valence-electron chi connectivity index (χ1n) is 15.0. The average Bonchev–Trinajstić information content (AvgIpc) is 3.49. The molecule has 3 amide bonds. The fourth-order valence-electron chi connectivity index (χ4n) is 5.57. The molecule has 12 nitrogen and oxygen atoms in total. The van der Waals surface area contributed by atoms with Gasteiger partial charge in [0.15, 0.2) is 11.5 Å². The van der Waals surface area contributed by atoms with E-state index in [2.05, 4.69) is 27.4 Å². The van der Waals surface area contributed by atoms with E-state index in [9.17, 15) is 9.59 Å². The van der Waals surface area contributed by atoms with Crippen molar-refractivity contribution in [3.8, 4) is 11.4 Å². The number of hydrogen-bond donors (Lipinski definition) is 2. The predicted molar refractivity (Wildman–Crippen MR) is 164 cm³/mol. The highest BCUT2D eigenvalue weighted by molar-refractivity contribution is 5.94. The summed E-state index contributed by atoms with van der Waals surface area (Å²) < 4.78 is 7.61. The topological polar surface area (TPSA) is 130 Å². The van der Waals surface area contributed by atoms with Crippen molar-refractivity contribution in [2.45, 2.75) is 38.6 Å². The lowest BCUT2D eigenvalue weighted by atomic mass is 10.0. The number of anilines is 2. The molecule has 3 aromatic heterocycles. The molecule has 0 atom stereocenters. The molecule has 5 heterocycles. The Balaban J connectivity index is 1.25. The number of hydrogen-bond acceptors (Lipinski definition) is 8. The Morgan fingerprint density at radius 3 is 2.51 bits per heavy atom. The van der Waals surface area contributed by atoms with Crippen LogP contribution in [0.5, 0.6) is 0 Å². The minimum absolute atomic E-state index is 0.00691. The molecule has 0 radical (unpaired) electrons. The number of pyridine rings is 1. The maximum Gasteiger partial charge on any atom is 0.319 e. The number of rotatable bonds is 8. The van der Waals surface area contributed by atoms with Crippen molar-refractivity contribution in [1.29, 1.82) is 0 Å². The number of ether oxygens (including phenoxy) is 1. The van der Waals surface area contributed by atoms with E-state index < -0.39 is 0 Å². The second-order valence-corrected chi connectivity index (χ2v) is 10.9. The molecule has 6 rings (SSSR count). The normalized spacial score (nSPS) is 15.9. The number of carbonyl (C=O) groups is 2. The van der Waals surface area contributed by atoms with Gasteiger partial charge in [-0.05, 0) is 55.7 Å². The quantitative estimate of drug-likeness (QED) is 0.296. The van der Waals surface area contributed by atoms with Gasteiger partial charge in [-0.2, -0.15) is 5.10 Å². The van der Waals surface area contributed by atoms with Gasteiger partial charge in [-0.3, -0.25) is 9.78 Å². The van der Waals surface area contributed by atoms with Gasteiger partial charge < -0.3 is 25.2 Å². The van der Waals surface area contributed by atoms with Crippen molar-refractivity contribution in [2.24, 2.45) is 0 Å². The lowest BCUT2D eigenvalue weighted by Gasteiger charge is -2.32. The number of nitrogens with one attached hydrogen (secondary N) is 2. The van der Waals surface area contributed by atoms with Gasteiger partial charge in [-0.1, -0.05) is 13.3 Å². The van der Waals surface area contributed by atoms with Crippen molar-refractivity contribution >= 4 is 34.5 Å². The number of morpholine rings is 1. The van der Waals surface area contributed by atoms with Crippen LogP contribution in [0.3, 0.4) is 0 Å². The van der Waals surface area contributed by atoms with E-state index in [1.807, 2.05) is 40.0 Å². The van der Waals surface area contributed by atoms with Gasteiger partial charge in [0.1, 0.15) is 5.82 Å². The molecule has 2 aliphatic rings. The largest absolute Gasteiger partial charge is 0.378 e. The maximum atomic E-state index is 13.0. The Hall–Kier alpha value is -4.58. The maximum absolute atomic E-state index is 13.0. The van der Waals surface area contributed by atoms with Crippen molar-refractivity contribution in [2.75, 3.05) is 56.2 Å². The number of piperidine rings is 1. The standard InChI is InChI=1S/C31H37N9O3/c1-2-3-13-33-31(42)35-24-8-6-22(7-9-24)27-36-28(38-16-18-43-19-17-38)26-21-34-40(29(26)37-27)25-10-14-39(15-11-25)30(41)23-5-4-12-32-20-23/h4-9,12,20-21,25H,2-3,10-11,13-19H2,1H3,(H2,33,35,42). The Morgan fingerprint density at radius 2 is 1.79 bits per heavy atom. The Kier molecular flexibility index (Phi) is 8.73. The number of urea groups is 1. The van der Waals surface area contributed by atoms with E-state index >= 15 is 0 Å². The van der Waals surface area contributed by atoms with Gasteiger partial charge >= 0.3 is 6.03 Å². The summed E-state index contributed by atoms with van der Waals surface area (Å²) in [5.74, 6) is 1.45. The molecule has 0 saturated carbocycles. The summed E-state index contributed by atoms with van der Waals surface area (Å²) in [5, 5.41) is 11.5. The molecule has 0 bridgehead atoms. The molecule has 12 heteroatoms. The van der Waals surface area contributed by atoms with Gasteiger partial charge in [0, 0.05) is 56.4 Å². The molecule has 43 heavy (non-hydrogen) atoms. The molecule has 2 N–H and O–H groups in total. The average molecular weight is 584 g/mol. The van der Waals surface area contributed by atoms with Crippen LogP contribution in [0.15, 0.2) is 55.0 Å². The third-order valence-corrected chi connectivity index (χ3v) is 7.97. The number of nitrogens with zero attached hydrogens (tertiary/aromatic N) is 7. The summed E-state index contributed by atoms with van der Waals surface area (Å²) in [7, 11) is 0. The van der Waals surface area contributed by atoms with Gasteiger partial charge in [0.2, 0.25) is 0 Å². The number of amides is 3. The highest BCUT2D eigenvalue weighted by Crippen LogP contribution is 2.32. The molecule has 1 aromatic carbocycles. The van der Waals surface area contributed by atoms with Gasteiger partial charge in [-0.15, -0.1) is 0 Å². The van der Waals surface area contributed by atoms with E-state index in [1.165, 1.54) is 0 Å². The first kappa shape index (κ1) is 28.5. The summed E-state index contributed by atoms with van der Waals surface area (Å²) in [4.78, 5) is 43.4. The molecule has 0 unspecified atom stereocenters. The van der Waals surface area contributed by atoms with Crippen LogP contribution in [0.2, 0.25) is 0 Å². The summed E-state index contributed by atoms with van der Waals surface area (Å²) in [6.45, 7) is 6.75. The lowest BCUT2D eigenvalue weighted by molar-refractivity contribution is 0.0691. The molecular formula is C31H37N9O3. The summed E-state index contributed by atoms with van der Waals surface area (Å²) in [6, 6.07) is 11.1. The highest BCUT2D eigenvalue weighted by Gasteiger charge is 2.28. The number of aromatic nitrogens is 5. The van der Waals surface area contributed by atoms with Gasteiger partial charge in [-0.25, -0.2) is 19.4 Å². The zero-order chi connectivity index (χ0) is 29.6. The van der Waals surface area contributed by atoms with Crippen LogP contribution in [0.4, 0.5) is 16.3 Å². The molecule has 4 aromatic rings. The first-order chi connectivity index (χ1) is 21.1. The minimum atomic E-state index is -0.217. The SMILES string of the molecule is CCCCNC(=O)Nc1ccc(-c2nc(N3CCOCC3)c3cnn(C4CCN(C(=O)c5cccnc5)CC4)c3n2)cc1. The van der Waals surface area contributed by atoms with Crippen molar-refractivity contribution in [3.63, 3.8) is 0 Å². The first-order valence-corrected chi connectivity index (χ1v) is 15.0. The Labute approximate surface area is 250 Å². The zero-order valence-corrected chi connectivity index (χ0v) is 24.4. The van der Waals surface area contributed by atoms with Crippen LogP contribution >= 0.6 is 0 Å². The molecular weight excluding hydrogens is 546 g/mol. The lowest BCUT2D eigenvalue weighted by Crippen LogP contribution is -2.39. The molecule has 2 saturated heterocycles. The van der Waals surface area contributed by atoms with Gasteiger partial charge in [0.05, 0.1) is 36.4 Å². The van der Waals surface area contributed by atoms with Crippen molar-refractivity contribution in [1.82, 2.24) is 34.9 Å². The van der Waals surface area contributed by atoms with Crippen LogP contribution in [0.25, 0.3) is 22.4 Å². The zero-order valence-electron chi connectivity index (χ0n) is 24.4. The van der Waals surface area contributed by atoms with E-state index in [1.54, 1.807) is 24.5 Å². The number of carbonyl (C=O) groups excluding carboxylic acids is 2. The molecule has 0 spiro atoms. The third kappa shape index (κ3) is 6.43. The number of likely N-dealkylation sites (tertiary alicyclic amines) is 1. The van der Waals surface area contributed by atoms with Crippen LogP contribution < -0.4 is 15.5 Å². The summed E-state index contributed by atoms with van der Waals surface area (Å²) in [5.41, 5.74) is 2.93. The Morgan fingerprint density at radius 1 is 1.00 bits per heavy atom.